The molecule has 0 unspecified atom stereocenters. The van der Waals surface area contributed by atoms with Crippen molar-refractivity contribution in [3.63, 3.8) is 0 Å². The zero-order valence-electron chi connectivity index (χ0n) is 11.7. The average Bonchev–Trinajstić information content (AvgIpc) is 2.76. The Morgan fingerprint density at radius 1 is 1.40 bits per heavy atom. The van der Waals surface area contributed by atoms with Gasteiger partial charge in [-0.15, -0.1) is 36.2 Å². The zero-order chi connectivity index (χ0) is 13.0. The molecule has 0 radical (unpaired) electrons. The van der Waals surface area contributed by atoms with Crippen LogP contribution in [0.2, 0.25) is 0 Å². The quantitative estimate of drug-likeness (QED) is 0.885. The minimum absolute atomic E-state index is 0. The SMILES string of the molecule is Cc1nc(CCNC(=O)C2(N)CCCCC2)cs1.Cl.Cl. The smallest absolute Gasteiger partial charge is 0.240 e. The van der Waals surface area contributed by atoms with Crippen LogP contribution >= 0.6 is 36.2 Å². The molecule has 1 aromatic rings. The molecular formula is C13H23Cl2N3OS. The van der Waals surface area contributed by atoms with Crippen LogP contribution in [0.1, 0.15) is 42.8 Å². The average molecular weight is 340 g/mol. The molecule has 0 aliphatic heterocycles. The van der Waals surface area contributed by atoms with Crippen LogP contribution in [0, 0.1) is 6.92 Å². The summed E-state index contributed by atoms with van der Waals surface area (Å²) in [6, 6.07) is 0. The molecule has 1 aliphatic carbocycles. The lowest BCUT2D eigenvalue weighted by molar-refractivity contribution is -0.127. The molecule has 116 valence electrons. The van der Waals surface area contributed by atoms with E-state index in [1.54, 1.807) is 11.3 Å². The van der Waals surface area contributed by atoms with Crippen molar-refractivity contribution in [1.82, 2.24) is 10.3 Å². The highest BCUT2D eigenvalue weighted by Crippen LogP contribution is 2.25. The number of halogens is 2. The van der Waals surface area contributed by atoms with Gasteiger partial charge in [-0.2, -0.15) is 0 Å². The molecule has 20 heavy (non-hydrogen) atoms. The molecule has 1 saturated carbocycles. The van der Waals surface area contributed by atoms with Gasteiger partial charge in [0.2, 0.25) is 5.91 Å². The minimum Gasteiger partial charge on any atom is -0.354 e. The number of hydrogen-bond acceptors (Lipinski definition) is 4. The first-order chi connectivity index (χ1) is 8.60. The lowest BCUT2D eigenvalue weighted by Gasteiger charge is -2.31. The molecular weight excluding hydrogens is 317 g/mol. The first-order valence-corrected chi connectivity index (χ1v) is 7.46. The predicted octanol–water partition coefficient (Wildman–Crippen LogP) is 2.62. The van der Waals surface area contributed by atoms with Gasteiger partial charge in [-0.3, -0.25) is 4.79 Å². The maximum Gasteiger partial charge on any atom is 0.240 e. The minimum atomic E-state index is -0.629. The van der Waals surface area contributed by atoms with Crippen molar-refractivity contribution in [1.29, 1.82) is 0 Å². The molecule has 1 fully saturated rings. The van der Waals surface area contributed by atoms with Gasteiger partial charge < -0.3 is 11.1 Å². The summed E-state index contributed by atoms with van der Waals surface area (Å²) in [4.78, 5) is 16.4. The number of amides is 1. The number of rotatable bonds is 4. The second-order valence-corrected chi connectivity index (χ2v) is 6.14. The summed E-state index contributed by atoms with van der Waals surface area (Å²) in [6.45, 7) is 2.62. The van der Waals surface area contributed by atoms with Gasteiger partial charge in [-0.25, -0.2) is 4.98 Å². The molecule has 0 spiro atoms. The standard InChI is InChI=1S/C13H21N3OS.2ClH/c1-10-16-11(9-18-10)5-8-15-12(17)13(14)6-3-2-4-7-13;;/h9H,2-8,14H2,1H3,(H,15,17);2*1H. The fourth-order valence-electron chi connectivity index (χ4n) is 2.41. The lowest BCUT2D eigenvalue weighted by Crippen LogP contribution is -2.55. The van der Waals surface area contributed by atoms with Crippen molar-refractivity contribution in [2.24, 2.45) is 5.73 Å². The van der Waals surface area contributed by atoms with Crippen molar-refractivity contribution in [2.45, 2.75) is 51.0 Å². The van der Waals surface area contributed by atoms with Crippen molar-refractivity contribution in [3.8, 4) is 0 Å². The largest absolute Gasteiger partial charge is 0.354 e. The Bertz CT molecular complexity index is 420. The summed E-state index contributed by atoms with van der Waals surface area (Å²) in [5.74, 6) is 0.00847. The highest BCUT2D eigenvalue weighted by molar-refractivity contribution is 7.09. The van der Waals surface area contributed by atoms with E-state index in [9.17, 15) is 4.79 Å². The van der Waals surface area contributed by atoms with Gasteiger partial charge in [-0.05, 0) is 19.8 Å². The van der Waals surface area contributed by atoms with Crippen LogP contribution in [0.5, 0.6) is 0 Å². The van der Waals surface area contributed by atoms with Gasteiger partial charge >= 0.3 is 0 Å². The molecule has 1 amide bonds. The van der Waals surface area contributed by atoms with Gasteiger partial charge in [0, 0.05) is 18.3 Å². The number of nitrogens with zero attached hydrogens (tertiary/aromatic N) is 1. The summed E-state index contributed by atoms with van der Waals surface area (Å²) < 4.78 is 0. The summed E-state index contributed by atoms with van der Waals surface area (Å²) in [6.07, 6.45) is 5.74. The number of carbonyl (C=O) groups excluding carboxylic acids is 1. The first-order valence-electron chi connectivity index (χ1n) is 6.58. The van der Waals surface area contributed by atoms with Crippen LogP contribution < -0.4 is 11.1 Å². The van der Waals surface area contributed by atoms with Gasteiger partial charge in [0.05, 0.1) is 16.2 Å². The number of nitrogens with two attached hydrogens (primary N) is 1. The van der Waals surface area contributed by atoms with E-state index in [1.807, 2.05) is 12.3 Å². The molecule has 2 rings (SSSR count). The van der Waals surface area contributed by atoms with Crippen molar-refractivity contribution >= 4 is 42.1 Å². The Kier molecular flexibility index (Phi) is 8.66. The highest BCUT2D eigenvalue weighted by atomic mass is 35.5. The van der Waals surface area contributed by atoms with Gasteiger partial charge in [-0.1, -0.05) is 19.3 Å². The van der Waals surface area contributed by atoms with Crippen LogP contribution in [0.3, 0.4) is 0 Å². The summed E-state index contributed by atoms with van der Waals surface area (Å²) in [5.41, 5.74) is 6.58. The monoisotopic (exact) mass is 339 g/mol. The molecule has 0 bridgehead atoms. The third-order valence-electron chi connectivity index (χ3n) is 3.53. The van der Waals surface area contributed by atoms with E-state index >= 15 is 0 Å². The fourth-order valence-corrected chi connectivity index (χ4v) is 3.06. The Balaban J connectivity index is 0.00000180. The molecule has 1 heterocycles. The molecule has 1 aliphatic rings. The number of carbonyl (C=O) groups is 1. The molecule has 7 heteroatoms. The maximum atomic E-state index is 12.1. The summed E-state index contributed by atoms with van der Waals surface area (Å²) in [5, 5.41) is 6.06. The Labute approximate surface area is 136 Å². The van der Waals surface area contributed by atoms with E-state index in [2.05, 4.69) is 10.3 Å². The van der Waals surface area contributed by atoms with Crippen molar-refractivity contribution in [2.75, 3.05) is 6.54 Å². The number of aromatic nitrogens is 1. The van der Waals surface area contributed by atoms with Gasteiger partial charge in [0.1, 0.15) is 0 Å². The van der Waals surface area contributed by atoms with Crippen molar-refractivity contribution in [3.05, 3.63) is 16.1 Å². The van der Waals surface area contributed by atoms with Crippen molar-refractivity contribution < 1.29 is 4.79 Å². The van der Waals surface area contributed by atoms with Gasteiger partial charge in [0.25, 0.3) is 0 Å². The number of nitrogens with one attached hydrogen (secondary N) is 1. The van der Waals surface area contributed by atoms with Crippen LogP contribution in [0.25, 0.3) is 0 Å². The third-order valence-corrected chi connectivity index (χ3v) is 4.35. The van der Waals surface area contributed by atoms with Crippen LogP contribution in [-0.4, -0.2) is 23.0 Å². The third kappa shape index (κ3) is 5.20. The summed E-state index contributed by atoms with van der Waals surface area (Å²) >= 11 is 1.64. The van der Waals surface area contributed by atoms with E-state index in [0.29, 0.717) is 6.54 Å². The van der Waals surface area contributed by atoms with E-state index < -0.39 is 5.54 Å². The number of aryl methyl sites for hydroxylation is 1. The predicted molar refractivity (Wildman–Crippen MR) is 88.1 cm³/mol. The Hall–Kier alpha value is -0.360. The molecule has 3 N–H and O–H groups in total. The van der Waals surface area contributed by atoms with E-state index in [1.165, 1.54) is 6.42 Å². The van der Waals surface area contributed by atoms with Gasteiger partial charge in [0.15, 0.2) is 0 Å². The van der Waals surface area contributed by atoms with E-state index in [-0.39, 0.29) is 30.7 Å². The molecule has 0 aromatic carbocycles. The maximum absolute atomic E-state index is 12.1. The second-order valence-electron chi connectivity index (χ2n) is 5.08. The molecule has 1 aromatic heterocycles. The number of hydrogen-bond donors (Lipinski definition) is 2. The lowest BCUT2D eigenvalue weighted by atomic mass is 9.82. The van der Waals surface area contributed by atoms with Crippen LogP contribution in [0.4, 0.5) is 0 Å². The van der Waals surface area contributed by atoms with E-state index in [0.717, 1.165) is 42.8 Å². The first kappa shape index (κ1) is 19.6. The normalized spacial score (nSPS) is 16.7. The van der Waals surface area contributed by atoms with Crippen LogP contribution in [-0.2, 0) is 11.2 Å². The zero-order valence-corrected chi connectivity index (χ0v) is 14.1. The highest BCUT2D eigenvalue weighted by Gasteiger charge is 2.34. The second kappa shape index (κ2) is 8.82. The summed E-state index contributed by atoms with van der Waals surface area (Å²) in [7, 11) is 0. The van der Waals surface area contributed by atoms with Crippen LogP contribution in [0.15, 0.2) is 5.38 Å². The Morgan fingerprint density at radius 3 is 2.60 bits per heavy atom. The molecule has 4 nitrogen and oxygen atoms in total. The van der Waals surface area contributed by atoms with E-state index in [4.69, 9.17) is 5.73 Å². The molecule has 0 atom stereocenters. The Morgan fingerprint density at radius 2 is 2.05 bits per heavy atom. The number of thiazole rings is 1. The topological polar surface area (TPSA) is 68.0 Å². The fraction of sp³-hybridized carbons (Fsp3) is 0.692. The molecule has 0 saturated heterocycles.